The summed E-state index contributed by atoms with van der Waals surface area (Å²) < 4.78 is 15.4. The van der Waals surface area contributed by atoms with E-state index in [0.717, 1.165) is 0 Å². The first-order valence-corrected chi connectivity index (χ1v) is 7.08. The van der Waals surface area contributed by atoms with Crippen molar-refractivity contribution in [3.8, 4) is 0 Å². The van der Waals surface area contributed by atoms with Crippen LogP contribution in [0, 0.1) is 0 Å². The molecule has 1 aliphatic heterocycles. The van der Waals surface area contributed by atoms with Crippen molar-refractivity contribution in [1.29, 1.82) is 0 Å². The number of carbonyl (C=O) groups excluding carboxylic acids is 1. The SMILES string of the molecule is COC(=O)C(OC1O[C@H](CO)[C@@H](O)[C@H](O)[C@H]1O)c1ccccc1. The highest BCUT2D eigenvalue weighted by Gasteiger charge is 2.45. The molecule has 0 amide bonds. The van der Waals surface area contributed by atoms with Crippen molar-refractivity contribution < 1.29 is 39.4 Å². The minimum Gasteiger partial charge on any atom is -0.467 e. The van der Waals surface area contributed by atoms with Crippen LogP contribution in [0.15, 0.2) is 30.3 Å². The van der Waals surface area contributed by atoms with E-state index < -0.39 is 49.4 Å². The lowest BCUT2D eigenvalue weighted by Crippen LogP contribution is -2.59. The normalized spacial score (nSPS) is 32.3. The van der Waals surface area contributed by atoms with Gasteiger partial charge in [-0.1, -0.05) is 30.3 Å². The maximum absolute atomic E-state index is 11.9. The second-order valence-electron chi connectivity index (χ2n) is 5.15. The van der Waals surface area contributed by atoms with Gasteiger partial charge in [-0.05, 0) is 5.56 Å². The third-order valence-electron chi connectivity index (χ3n) is 3.64. The van der Waals surface area contributed by atoms with E-state index in [0.29, 0.717) is 5.56 Å². The summed E-state index contributed by atoms with van der Waals surface area (Å²) in [5.41, 5.74) is 0.469. The molecule has 0 aromatic heterocycles. The number of hydrogen-bond acceptors (Lipinski definition) is 8. The lowest BCUT2D eigenvalue weighted by Gasteiger charge is -2.40. The lowest BCUT2D eigenvalue weighted by atomic mass is 9.99. The Labute approximate surface area is 132 Å². The number of aliphatic hydroxyl groups excluding tert-OH is 4. The molecule has 0 bridgehead atoms. The number of ether oxygens (including phenoxy) is 3. The third-order valence-corrected chi connectivity index (χ3v) is 3.64. The fourth-order valence-corrected chi connectivity index (χ4v) is 2.32. The van der Waals surface area contributed by atoms with Crippen LogP contribution in [0.25, 0.3) is 0 Å². The van der Waals surface area contributed by atoms with E-state index in [2.05, 4.69) is 4.74 Å². The number of methoxy groups -OCH3 is 1. The molecule has 1 aromatic carbocycles. The van der Waals surface area contributed by atoms with E-state index in [1.165, 1.54) is 7.11 Å². The van der Waals surface area contributed by atoms with Gasteiger partial charge in [0.05, 0.1) is 13.7 Å². The molecular formula is C15H20O8. The van der Waals surface area contributed by atoms with Gasteiger partial charge in [-0.3, -0.25) is 0 Å². The highest BCUT2D eigenvalue weighted by atomic mass is 16.7. The van der Waals surface area contributed by atoms with E-state index in [4.69, 9.17) is 14.6 Å². The molecule has 2 rings (SSSR count). The van der Waals surface area contributed by atoms with Crippen molar-refractivity contribution in [2.45, 2.75) is 36.8 Å². The molecule has 1 aromatic rings. The molecule has 1 fully saturated rings. The highest BCUT2D eigenvalue weighted by molar-refractivity contribution is 5.76. The summed E-state index contributed by atoms with van der Waals surface area (Å²) in [6, 6.07) is 8.41. The number of aliphatic hydroxyl groups is 4. The van der Waals surface area contributed by atoms with Gasteiger partial charge < -0.3 is 34.6 Å². The Bertz CT molecular complexity index is 505. The molecule has 8 heteroatoms. The average Bonchev–Trinajstić information content (AvgIpc) is 2.59. The van der Waals surface area contributed by atoms with Crippen LogP contribution in [0.1, 0.15) is 11.7 Å². The topological polar surface area (TPSA) is 126 Å². The molecule has 2 unspecified atom stereocenters. The Morgan fingerprint density at radius 3 is 2.39 bits per heavy atom. The van der Waals surface area contributed by atoms with Crippen molar-refractivity contribution in [2.75, 3.05) is 13.7 Å². The van der Waals surface area contributed by atoms with Crippen LogP contribution in [0.3, 0.4) is 0 Å². The van der Waals surface area contributed by atoms with Crippen molar-refractivity contribution >= 4 is 5.97 Å². The summed E-state index contributed by atoms with van der Waals surface area (Å²) in [5.74, 6) is -0.715. The van der Waals surface area contributed by atoms with Crippen LogP contribution >= 0.6 is 0 Å². The van der Waals surface area contributed by atoms with Crippen LogP contribution in [-0.2, 0) is 19.0 Å². The molecule has 6 atom stereocenters. The fourth-order valence-electron chi connectivity index (χ4n) is 2.32. The Kier molecular flexibility index (Phi) is 6.05. The zero-order valence-corrected chi connectivity index (χ0v) is 12.5. The Morgan fingerprint density at radius 1 is 1.17 bits per heavy atom. The molecule has 1 heterocycles. The van der Waals surface area contributed by atoms with Gasteiger partial charge in [-0.25, -0.2) is 4.79 Å². The minimum atomic E-state index is -1.59. The maximum Gasteiger partial charge on any atom is 0.339 e. The summed E-state index contributed by atoms with van der Waals surface area (Å²) in [6.45, 7) is -0.584. The summed E-state index contributed by atoms with van der Waals surface area (Å²) in [5, 5.41) is 38.6. The monoisotopic (exact) mass is 328 g/mol. The Balaban J connectivity index is 2.20. The molecule has 128 valence electrons. The second kappa shape index (κ2) is 7.82. The number of esters is 1. The highest BCUT2D eigenvalue weighted by Crippen LogP contribution is 2.28. The van der Waals surface area contributed by atoms with E-state index in [1.54, 1.807) is 30.3 Å². The number of hydrogen-bond donors (Lipinski definition) is 4. The number of rotatable bonds is 5. The molecule has 0 saturated carbocycles. The first kappa shape index (κ1) is 17.8. The van der Waals surface area contributed by atoms with Gasteiger partial charge >= 0.3 is 5.97 Å². The van der Waals surface area contributed by atoms with Crippen molar-refractivity contribution in [2.24, 2.45) is 0 Å². The molecule has 4 N–H and O–H groups in total. The van der Waals surface area contributed by atoms with Crippen LogP contribution < -0.4 is 0 Å². The van der Waals surface area contributed by atoms with Crippen LogP contribution in [0.2, 0.25) is 0 Å². The summed E-state index contributed by atoms with van der Waals surface area (Å²) in [4.78, 5) is 11.9. The first-order chi connectivity index (χ1) is 11.0. The van der Waals surface area contributed by atoms with Crippen LogP contribution in [0.4, 0.5) is 0 Å². The Hall–Kier alpha value is -1.55. The summed E-state index contributed by atoms with van der Waals surface area (Å²) in [7, 11) is 1.19. The van der Waals surface area contributed by atoms with Gasteiger partial charge in [0.2, 0.25) is 0 Å². The van der Waals surface area contributed by atoms with E-state index >= 15 is 0 Å². The van der Waals surface area contributed by atoms with Gasteiger partial charge in [-0.15, -0.1) is 0 Å². The molecule has 1 saturated heterocycles. The van der Waals surface area contributed by atoms with Crippen LogP contribution in [0.5, 0.6) is 0 Å². The predicted molar refractivity (Wildman–Crippen MR) is 76.1 cm³/mol. The molecule has 0 aliphatic carbocycles. The Morgan fingerprint density at radius 2 is 1.83 bits per heavy atom. The molecular weight excluding hydrogens is 308 g/mol. The quantitative estimate of drug-likeness (QED) is 0.492. The molecule has 8 nitrogen and oxygen atoms in total. The van der Waals surface area contributed by atoms with Gasteiger partial charge in [0, 0.05) is 0 Å². The van der Waals surface area contributed by atoms with E-state index in [1.807, 2.05) is 0 Å². The maximum atomic E-state index is 11.9. The second-order valence-corrected chi connectivity index (χ2v) is 5.15. The summed E-state index contributed by atoms with van der Waals surface area (Å²) in [6.07, 6.45) is -8.41. The largest absolute Gasteiger partial charge is 0.467 e. The zero-order chi connectivity index (χ0) is 17.0. The minimum absolute atomic E-state index is 0.469. The van der Waals surface area contributed by atoms with Crippen molar-refractivity contribution in [1.82, 2.24) is 0 Å². The molecule has 0 spiro atoms. The van der Waals surface area contributed by atoms with Crippen molar-refractivity contribution in [3.63, 3.8) is 0 Å². The van der Waals surface area contributed by atoms with Crippen molar-refractivity contribution in [3.05, 3.63) is 35.9 Å². The standard InChI is InChI=1S/C15H20O8/c1-21-14(20)13(8-5-3-2-4-6-8)23-15-12(19)11(18)10(17)9(7-16)22-15/h2-6,9-13,15-19H,7H2,1H3/t9-,10-,11+,12-,13?,15?/m1/s1. The van der Waals surface area contributed by atoms with E-state index in [-0.39, 0.29) is 0 Å². The molecule has 23 heavy (non-hydrogen) atoms. The van der Waals surface area contributed by atoms with Gasteiger partial charge in [0.1, 0.15) is 24.4 Å². The third kappa shape index (κ3) is 3.86. The number of benzene rings is 1. The fraction of sp³-hybridized carbons (Fsp3) is 0.533. The van der Waals surface area contributed by atoms with E-state index in [9.17, 15) is 20.1 Å². The lowest BCUT2D eigenvalue weighted by molar-refractivity contribution is -0.311. The first-order valence-electron chi connectivity index (χ1n) is 7.08. The average molecular weight is 328 g/mol. The summed E-state index contributed by atoms with van der Waals surface area (Å²) >= 11 is 0. The van der Waals surface area contributed by atoms with Gasteiger partial charge in [0.15, 0.2) is 12.4 Å². The smallest absolute Gasteiger partial charge is 0.339 e. The molecule has 0 radical (unpaired) electrons. The predicted octanol–water partition coefficient (Wildman–Crippen LogP) is -1.28. The van der Waals surface area contributed by atoms with Gasteiger partial charge in [-0.2, -0.15) is 0 Å². The van der Waals surface area contributed by atoms with Crippen LogP contribution in [-0.4, -0.2) is 70.8 Å². The van der Waals surface area contributed by atoms with Gasteiger partial charge in [0.25, 0.3) is 0 Å². The number of carbonyl (C=O) groups is 1. The zero-order valence-electron chi connectivity index (χ0n) is 12.5. The molecule has 1 aliphatic rings.